The first-order valence-electron chi connectivity index (χ1n) is 12.8. The molecule has 0 unspecified atom stereocenters. The average Bonchev–Trinajstić information content (AvgIpc) is 2.89. The zero-order chi connectivity index (χ0) is 25.1. The minimum atomic E-state index is -2.47. The van der Waals surface area contributed by atoms with Crippen molar-refractivity contribution in [3.05, 3.63) is 144 Å². The summed E-state index contributed by atoms with van der Waals surface area (Å²) in [5.41, 5.74) is 4.54. The van der Waals surface area contributed by atoms with Crippen LogP contribution in [-0.4, -0.2) is 12.3 Å². The Kier molecular flexibility index (Phi) is 9.57. The molecule has 4 heteroatoms. The number of unbranched alkanes of at least 4 members (excludes halogenated alkanes) is 1. The normalized spacial score (nSPS) is 11.9. The van der Waals surface area contributed by atoms with Crippen LogP contribution in [0.15, 0.2) is 121 Å². The van der Waals surface area contributed by atoms with Gasteiger partial charge in [0.25, 0.3) is 0 Å². The molecule has 4 rings (SSSR count). The Labute approximate surface area is 216 Å². The van der Waals surface area contributed by atoms with Gasteiger partial charge in [0.05, 0.1) is 14.3 Å². The van der Waals surface area contributed by atoms with Crippen molar-refractivity contribution >= 4 is 14.3 Å². The second-order valence-corrected chi connectivity index (χ2v) is 16.2. The molecule has 0 N–H and O–H groups in total. The quantitative estimate of drug-likeness (QED) is 0.132. The minimum Gasteiger partial charge on any atom is -0.323 e. The van der Waals surface area contributed by atoms with Crippen LogP contribution >= 0.6 is 14.3 Å². The zero-order valence-corrected chi connectivity index (χ0v) is 22.7. The van der Waals surface area contributed by atoms with E-state index in [1.807, 2.05) is 72.8 Å². The molecular weight excluding hydrogens is 478 g/mol. The Morgan fingerprint density at radius 1 is 0.361 bits per heavy atom. The number of hydrogen-bond donors (Lipinski definition) is 0. The molecular formula is C32H36O2P2. The van der Waals surface area contributed by atoms with E-state index in [9.17, 15) is 9.13 Å². The summed E-state index contributed by atoms with van der Waals surface area (Å²) in [6.07, 6.45) is 5.53. The molecule has 0 aliphatic carbocycles. The molecule has 4 aromatic rings. The summed E-state index contributed by atoms with van der Waals surface area (Å²) in [5.74, 6) is 0. The smallest absolute Gasteiger partial charge is 0.0961 e. The van der Waals surface area contributed by atoms with Crippen molar-refractivity contribution in [1.29, 1.82) is 0 Å². The molecule has 186 valence electrons. The van der Waals surface area contributed by atoms with Gasteiger partial charge < -0.3 is 9.13 Å². The molecule has 0 heterocycles. The van der Waals surface area contributed by atoms with Gasteiger partial charge in [-0.25, -0.2) is 0 Å². The van der Waals surface area contributed by atoms with Crippen molar-refractivity contribution < 1.29 is 9.13 Å². The van der Waals surface area contributed by atoms with E-state index in [0.717, 1.165) is 35.1 Å². The highest BCUT2D eigenvalue weighted by atomic mass is 31.2. The van der Waals surface area contributed by atoms with Crippen molar-refractivity contribution in [2.45, 2.75) is 37.5 Å². The monoisotopic (exact) mass is 514 g/mol. The number of benzene rings is 4. The van der Waals surface area contributed by atoms with Crippen LogP contribution in [0.25, 0.3) is 0 Å². The second-order valence-electron chi connectivity index (χ2n) is 9.85. The van der Waals surface area contributed by atoms with Gasteiger partial charge in [0, 0.05) is 37.0 Å². The fraction of sp³-hybridized carbons (Fsp3) is 0.250. The second kappa shape index (κ2) is 13.0. The Morgan fingerprint density at radius 2 is 0.583 bits per heavy atom. The summed E-state index contributed by atoms with van der Waals surface area (Å²) >= 11 is 0. The van der Waals surface area contributed by atoms with Gasteiger partial charge in [0.1, 0.15) is 0 Å². The molecule has 2 nitrogen and oxygen atoms in total. The van der Waals surface area contributed by atoms with Gasteiger partial charge in [-0.2, -0.15) is 0 Å². The van der Waals surface area contributed by atoms with Crippen LogP contribution in [0.2, 0.25) is 0 Å². The molecule has 4 aromatic carbocycles. The summed E-state index contributed by atoms with van der Waals surface area (Å²) in [7, 11) is -4.94. The summed E-state index contributed by atoms with van der Waals surface area (Å²) in [5, 5.41) is 0. The summed E-state index contributed by atoms with van der Waals surface area (Å²) < 4.78 is 28.4. The molecule has 0 saturated carbocycles. The topological polar surface area (TPSA) is 34.1 Å². The van der Waals surface area contributed by atoms with Gasteiger partial charge in [-0.15, -0.1) is 0 Å². The fourth-order valence-corrected chi connectivity index (χ4v) is 10.9. The highest BCUT2D eigenvalue weighted by Gasteiger charge is 2.26. The summed E-state index contributed by atoms with van der Waals surface area (Å²) in [6.45, 7) is 0. The Bertz CT molecular complexity index is 1080. The van der Waals surface area contributed by atoms with E-state index >= 15 is 0 Å². The third-order valence-corrected chi connectivity index (χ3v) is 12.7. The summed E-state index contributed by atoms with van der Waals surface area (Å²) in [4.78, 5) is 0. The highest BCUT2D eigenvalue weighted by Crippen LogP contribution is 2.55. The van der Waals surface area contributed by atoms with E-state index in [4.69, 9.17) is 0 Å². The van der Waals surface area contributed by atoms with Crippen LogP contribution in [-0.2, 0) is 33.8 Å². The van der Waals surface area contributed by atoms with E-state index < -0.39 is 14.3 Å². The highest BCUT2D eigenvalue weighted by molar-refractivity contribution is 7.62. The molecule has 0 aliphatic rings. The van der Waals surface area contributed by atoms with E-state index in [1.165, 1.54) is 0 Å². The van der Waals surface area contributed by atoms with E-state index in [-0.39, 0.29) is 0 Å². The Balaban J connectivity index is 1.43. The standard InChI is InChI=1S/C32H36O2P2/c33-35(25-29-15-5-1-6-16-29,26-30-17-7-2-8-18-30)23-13-14-24-36(34,27-31-19-9-3-10-20-31)28-32-21-11-4-12-22-32/h1-12,15-22H,13-14,23-28H2. The largest absolute Gasteiger partial charge is 0.323 e. The SMILES string of the molecule is O=P(CCCCP(=O)(Cc1ccccc1)Cc1ccccc1)(Cc1ccccc1)Cc1ccccc1. The maximum atomic E-state index is 14.2. The Morgan fingerprint density at radius 3 is 0.806 bits per heavy atom. The van der Waals surface area contributed by atoms with Crippen molar-refractivity contribution in [3.8, 4) is 0 Å². The number of hydrogen-bond acceptors (Lipinski definition) is 2. The van der Waals surface area contributed by atoms with Crippen molar-refractivity contribution in [2.24, 2.45) is 0 Å². The molecule has 0 radical (unpaired) electrons. The van der Waals surface area contributed by atoms with Gasteiger partial charge in [0.15, 0.2) is 0 Å². The average molecular weight is 515 g/mol. The van der Waals surface area contributed by atoms with Crippen LogP contribution in [0.1, 0.15) is 35.1 Å². The first kappa shape index (κ1) is 26.4. The van der Waals surface area contributed by atoms with Gasteiger partial charge in [-0.3, -0.25) is 0 Å². The molecule has 0 atom stereocenters. The molecule has 0 saturated heterocycles. The van der Waals surface area contributed by atoms with Crippen molar-refractivity contribution in [3.63, 3.8) is 0 Å². The fourth-order valence-electron chi connectivity index (χ4n) is 4.89. The number of rotatable bonds is 13. The van der Waals surface area contributed by atoms with E-state index in [2.05, 4.69) is 48.5 Å². The third kappa shape index (κ3) is 8.48. The van der Waals surface area contributed by atoms with Gasteiger partial charge in [-0.05, 0) is 35.1 Å². The third-order valence-electron chi connectivity index (χ3n) is 6.64. The lowest BCUT2D eigenvalue weighted by Gasteiger charge is -2.21. The predicted octanol–water partition coefficient (Wildman–Crippen LogP) is 9.29. The zero-order valence-electron chi connectivity index (χ0n) is 20.9. The van der Waals surface area contributed by atoms with Crippen LogP contribution < -0.4 is 0 Å². The molecule has 0 bridgehead atoms. The first-order chi connectivity index (χ1) is 17.5. The van der Waals surface area contributed by atoms with Crippen molar-refractivity contribution in [2.75, 3.05) is 12.3 Å². The van der Waals surface area contributed by atoms with Crippen LogP contribution in [0.4, 0.5) is 0 Å². The lowest BCUT2D eigenvalue weighted by molar-refractivity contribution is 0.565. The molecule has 36 heavy (non-hydrogen) atoms. The maximum Gasteiger partial charge on any atom is 0.0961 e. The van der Waals surface area contributed by atoms with Crippen LogP contribution in [0, 0.1) is 0 Å². The van der Waals surface area contributed by atoms with Gasteiger partial charge in [0.2, 0.25) is 0 Å². The van der Waals surface area contributed by atoms with E-state index in [1.54, 1.807) is 0 Å². The Hall–Kier alpha value is -2.66. The molecule has 0 aliphatic heterocycles. The van der Waals surface area contributed by atoms with Crippen molar-refractivity contribution in [1.82, 2.24) is 0 Å². The van der Waals surface area contributed by atoms with Crippen LogP contribution in [0.5, 0.6) is 0 Å². The summed E-state index contributed by atoms with van der Waals surface area (Å²) in [6, 6.07) is 40.8. The maximum absolute atomic E-state index is 14.2. The predicted molar refractivity (Wildman–Crippen MR) is 155 cm³/mol. The lowest BCUT2D eigenvalue weighted by Crippen LogP contribution is -2.02. The minimum absolute atomic E-state index is 0.619. The molecule has 0 aromatic heterocycles. The lowest BCUT2D eigenvalue weighted by atomic mass is 10.2. The van der Waals surface area contributed by atoms with Gasteiger partial charge in [-0.1, -0.05) is 121 Å². The van der Waals surface area contributed by atoms with Gasteiger partial charge >= 0.3 is 0 Å². The van der Waals surface area contributed by atoms with Crippen LogP contribution in [0.3, 0.4) is 0 Å². The first-order valence-corrected chi connectivity index (χ1v) is 17.3. The molecule has 0 fully saturated rings. The molecule has 0 amide bonds. The molecule has 0 spiro atoms. The van der Waals surface area contributed by atoms with E-state index in [0.29, 0.717) is 37.0 Å².